The average molecular weight is 359 g/mol. The SMILES string of the molecule is CC1CCN(c2nccc(C(=O)NCCc3cccc(Cl)c3)n2)CC1. The summed E-state index contributed by atoms with van der Waals surface area (Å²) < 4.78 is 0. The van der Waals surface area contributed by atoms with Crippen LogP contribution in [0.3, 0.4) is 0 Å². The van der Waals surface area contributed by atoms with Crippen molar-refractivity contribution in [3.8, 4) is 0 Å². The van der Waals surface area contributed by atoms with E-state index in [2.05, 4.69) is 27.1 Å². The molecule has 132 valence electrons. The van der Waals surface area contributed by atoms with Crippen LogP contribution in [0.1, 0.15) is 35.8 Å². The van der Waals surface area contributed by atoms with Gasteiger partial charge in [-0.1, -0.05) is 30.7 Å². The van der Waals surface area contributed by atoms with Gasteiger partial charge >= 0.3 is 0 Å². The van der Waals surface area contributed by atoms with Gasteiger partial charge in [0.15, 0.2) is 0 Å². The topological polar surface area (TPSA) is 58.1 Å². The Morgan fingerprint density at radius 2 is 2.12 bits per heavy atom. The Balaban J connectivity index is 1.56. The largest absolute Gasteiger partial charge is 0.350 e. The van der Waals surface area contributed by atoms with E-state index >= 15 is 0 Å². The summed E-state index contributed by atoms with van der Waals surface area (Å²) >= 11 is 5.97. The monoisotopic (exact) mass is 358 g/mol. The van der Waals surface area contributed by atoms with Gasteiger partial charge < -0.3 is 10.2 Å². The van der Waals surface area contributed by atoms with Crippen molar-refractivity contribution < 1.29 is 4.79 Å². The number of halogens is 1. The molecule has 1 amide bonds. The van der Waals surface area contributed by atoms with Crippen molar-refractivity contribution in [3.63, 3.8) is 0 Å². The molecule has 2 aromatic rings. The molecule has 0 atom stereocenters. The van der Waals surface area contributed by atoms with Gasteiger partial charge in [-0.25, -0.2) is 9.97 Å². The van der Waals surface area contributed by atoms with E-state index in [1.165, 1.54) is 0 Å². The molecule has 1 aliphatic heterocycles. The summed E-state index contributed by atoms with van der Waals surface area (Å²) in [5.41, 5.74) is 1.51. The van der Waals surface area contributed by atoms with E-state index in [-0.39, 0.29) is 5.91 Å². The minimum absolute atomic E-state index is 0.170. The van der Waals surface area contributed by atoms with Crippen LogP contribution in [0, 0.1) is 5.92 Å². The number of rotatable bonds is 5. The van der Waals surface area contributed by atoms with E-state index in [9.17, 15) is 4.79 Å². The van der Waals surface area contributed by atoms with Crippen molar-refractivity contribution in [3.05, 3.63) is 52.8 Å². The number of carbonyl (C=O) groups is 1. The number of nitrogens with one attached hydrogen (secondary N) is 1. The molecule has 1 aromatic carbocycles. The predicted octanol–water partition coefficient (Wildman–Crippen LogP) is 3.34. The third-order valence-electron chi connectivity index (χ3n) is 4.53. The van der Waals surface area contributed by atoms with Gasteiger partial charge in [-0.2, -0.15) is 0 Å². The van der Waals surface area contributed by atoms with Crippen molar-refractivity contribution >= 4 is 23.5 Å². The minimum Gasteiger partial charge on any atom is -0.350 e. The second-order valence-electron chi connectivity index (χ2n) is 6.55. The molecule has 0 bridgehead atoms. The van der Waals surface area contributed by atoms with E-state index in [4.69, 9.17) is 11.6 Å². The highest BCUT2D eigenvalue weighted by molar-refractivity contribution is 6.30. The number of piperidine rings is 1. The van der Waals surface area contributed by atoms with Crippen LogP contribution >= 0.6 is 11.6 Å². The van der Waals surface area contributed by atoms with Crippen molar-refractivity contribution in [1.29, 1.82) is 0 Å². The van der Waals surface area contributed by atoms with Crippen molar-refractivity contribution in [2.45, 2.75) is 26.2 Å². The lowest BCUT2D eigenvalue weighted by Crippen LogP contribution is -2.35. The quantitative estimate of drug-likeness (QED) is 0.890. The van der Waals surface area contributed by atoms with Gasteiger partial charge in [0.25, 0.3) is 5.91 Å². The molecule has 0 spiro atoms. The molecule has 1 fully saturated rings. The molecule has 1 saturated heterocycles. The molecule has 2 heterocycles. The third kappa shape index (κ3) is 4.92. The number of aromatic nitrogens is 2. The maximum Gasteiger partial charge on any atom is 0.270 e. The van der Waals surface area contributed by atoms with Crippen LogP contribution in [0.25, 0.3) is 0 Å². The summed E-state index contributed by atoms with van der Waals surface area (Å²) in [7, 11) is 0. The first kappa shape index (κ1) is 17.7. The summed E-state index contributed by atoms with van der Waals surface area (Å²) in [5.74, 6) is 1.22. The highest BCUT2D eigenvalue weighted by Crippen LogP contribution is 2.19. The van der Waals surface area contributed by atoms with Crippen LogP contribution in [0.4, 0.5) is 5.95 Å². The first-order valence-electron chi connectivity index (χ1n) is 8.72. The summed E-state index contributed by atoms with van der Waals surface area (Å²) in [6.45, 7) is 4.70. The molecule has 1 aromatic heterocycles. The first-order chi connectivity index (χ1) is 12.1. The number of anilines is 1. The lowest BCUT2D eigenvalue weighted by Gasteiger charge is -2.30. The number of nitrogens with zero attached hydrogens (tertiary/aromatic N) is 3. The Hall–Kier alpha value is -2.14. The molecule has 6 heteroatoms. The Bertz CT molecular complexity index is 729. The average Bonchev–Trinajstić information content (AvgIpc) is 2.62. The molecule has 0 saturated carbocycles. The van der Waals surface area contributed by atoms with E-state index < -0.39 is 0 Å². The van der Waals surface area contributed by atoms with Crippen molar-refractivity contribution in [2.75, 3.05) is 24.5 Å². The Labute approximate surface area is 153 Å². The summed E-state index contributed by atoms with van der Waals surface area (Å²) in [6.07, 6.45) is 4.67. The molecule has 1 N–H and O–H groups in total. The summed E-state index contributed by atoms with van der Waals surface area (Å²) in [6, 6.07) is 9.32. The normalized spacial score (nSPS) is 15.2. The Morgan fingerprint density at radius 3 is 2.88 bits per heavy atom. The second kappa shape index (κ2) is 8.30. The zero-order valence-electron chi connectivity index (χ0n) is 14.4. The number of hydrogen-bond acceptors (Lipinski definition) is 4. The van der Waals surface area contributed by atoms with Gasteiger partial charge in [0.05, 0.1) is 0 Å². The minimum atomic E-state index is -0.170. The number of amides is 1. The Morgan fingerprint density at radius 1 is 1.32 bits per heavy atom. The van der Waals surface area contributed by atoms with Gasteiger partial charge in [-0.3, -0.25) is 4.79 Å². The maximum absolute atomic E-state index is 12.3. The number of carbonyl (C=O) groups excluding carboxylic acids is 1. The maximum atomic E-state index is 12.3. The fourth-order valence-corrected chi connectivity index (χ4v) is 3.15. The standard InChI is InChI=1S/C19H23ClN4O/c1-14-7-11-24(12-8-14)19-22-10-6-17(23-19)18(25)21-9-5-15-3-2-4-16(20)13-15/h2-4,6,10,13-14H,5,7-9,11-12H2,1H3,(H,21,25). The fourth-order valence-electron chi connectivity index (χ4n) is 2.94. The van der Waals surface area contributed by atoms with E-state index in [1.54, 1.807) is 12.3 Å². The fraction of sp³-hybridized carbons (Fsp3) is 0.421. The van der Waals surface area contributed by atoms with E-state index in [1.807, 2.05) is 24.3 Å². The highest BCUT2D eigenvalue weighted by Gasteiger charge is 2.19. The van der Waals surface area contributed by atoms with Gasteiger partial charge in [0.2, 0.25) is 5.95 Å². The third-order valence-corrected chi connectivity index (χ3v) is 4.77. The van der Waals surface area contributed by atoms with Crippen molar-refractivity contribution in [1.82, 2.24) is 15.3 Å². The lowest BCUT2D eigenvalue weighted by atomic mass is 10.00. The molecule has 3 rings (SSSR count). The molecule has 0 radical (unpaired) electrons. The second-order valence-corrected chi connectivity index (χ2v) is 6.98. The summed E-state index contributed by atoms with van der Waals surface area (Å²) in [4.78, 5) is 23.3. The van der Waals surface area contributed by atoms with Crippen LogP contribution < -0.4 is 10.2 Å². The van der Waals surface area contributed by atoms with Crippen molar-refractivity contribution in [2.24, 2.45) is 5.92 Å². The molecule has 0 unspecified atom stereocenters. The molecular weight excluding hydrogens is 336 g/mol. The van der Waals surface area contributed by atoms with Crippen LogP contribution in [0.2, 0.25) is 5.02 Å². The van der Waals surface area contributed by atoms with Crippen LogP contribution in [0.5, 0.6) is 0 Å². The predicted molar refractivity (Wildman–Crippen MR) is 100 cm³/mol. The van der Waals surface area contributed by atoms with Gasteiger partial charge in [-0.05, 0) is 48.9 Å². The van der Waals surface area contributed by atoms with Gasteiger partial charge in [0.1, 0.15) is 5.69 Å². The van der Waals surface area contributed by atoms with Crippen LogP contribution in [-0.2, 0) is 6.42 Å². The first-order valence-corrected chi connectivity index (χ1v) is 9.10. The van der Waals surface area contributed by atoms with Crippen LogP contribution in [-0.4, -0.2) is 35.5 Å². The molecule has 0 aliphatic carbocycles. The zero-order chi connectivity index (χ0) is 17.6. The number of benzene rings is 1. The van der Waals surface area contributed by atoms with Gasteiger partial charge in [-0.15, -0.1) is 0 Å². The molecule has 1 aliphatic rings. The zero-order valence-corrected chi connectivity index (χ0v) is 15.2. The van der Waals surface area contributed by atoms with E-state index in [0.717, 1.165) is 43.8 Å². The van der Waals surface area contributed by atoms with Gasteiger partial charge in [0, 0.05) is 30.9 Å². The molecule has 25 heavy (non-hydrogen) atoms. The molecule has 5 nitrogen and oxygen atoms in total. The molecular formula is C19H23ClN4O. The summed E-state index contributed by atoms with van der Waals surface area (Å²) in [5, 5.41) is 3.62. The number of hydrogen-bond donors (Lipinski definition) is 1. The van der Waals surface area contributed by atoms with E-state index in [0.29, 0.717) is 23.2 Å². The smallest absolute Gasteiger partial charge is 0.270 e. The highest BCUT2D eigenvalue weighted by atomic mass is 35.5. The van der Waals surface area contributed by atoms with Crippen LogP contribution in [0.15, 0.2) is 36.5 Å². The lowest BCUT2D eigenvalue weighted by molar-refractivity contribution is 0.0949. The Kier molecular flexibility index (Phi) is 5.87.